The van der Waals surface area contributed by atoms with E-state index >= 15 is 0 Å². The monoisotopic (exact) mass is 378 g/mol. The van der Waals surface area contributed by atoms with Crippen LogP contribution >= 0.6 is 0 Å². The zero-order valence-corrected chi connectivity index (χ0v) is 15.4. The van der Waals surface area contributed by atoms with E-state index in [1.54, 1.807) is 0 Å². The molecule has 27 heavy (non-hydrogen) atoms. The van der Waals surface area contributed by atoms with Gasteiger partial charge in [-0.3, -0.25) is 10.1 Å². The maximum absolute atomic E-state index is 13.8. The van der Waals surface area contributed by atoms with Crippen LogP contribution in [0.5, 0.6) is 0 Å². The molecule has 144 valence electrons. The van der Waals surface area contributed by atoms with E-state index in [-0.39, 0.29) is 40.8 Å². The highest BCUT2D eigenvalue weighted by Gasteiger charge is 2.39. The van der Waals surface area contributed by atoms with Crippen molar-refractivity contribution in [3.63, 3.8) is 0 Å². The van der Waals surface area contributed by atoms with Crippen LogP contribution in [-0.2, 0) is 11.0 Å². The Balaban J connectivity index is 2.18. The topological polar surface area (TPSA) is 51.3 Å². The summed E-state index contributed by atoms with van der Waals surface area (Å²) < 4.78 is 42.7. The number of rotatable bonds is 3. The Morgan fingerprint density at radius 1 is 1.33 bits per heavy atom. The van der Waals surface area contributed by atoms with Gasteiger partial charge in [-0.1, -0.05) is 26.8 Å². The first-order valence-corrected chi connectivity index (χ1v) is 8.81. The number of alkyl halides is 3. The number of imidazole rings is 1. The Labute approximate surface area is 155 Å². The van der Waals surface area contributed by atoms with Gasteiger partial charge < -0.3 is 4.57 Å². The van der Waals surface area contributed by atoms with Gasteiger partial charge >= 0.3 is 6.18 Å². The van der Waals surface area contributed by atoms with Crippen molar-refractivity contribution in [1.82, 2.24) is 9.55 Å². The van der Waals surface area contributed by atoms with Crippen LogP contribution in [-0.4, -0.2) is 15.5 Å². The van der Waals surface area contributed by atoms with Crippen molar-refractivity contribution in [1.29, 1.82) is 0 Å². The van der Waals surface area contributed by atoms with E-state index in [9.17, 15) is 18.0 Å². The van der Waals surface area contributed by atoms with E-state index in [1.165, 1.54) is 10.6 Å². The number of aromatic nitrogens is 2. The van der Waals surface area contributed by atoms with Crippen molar-refractivity contribution >= 4 is 28.6 Å². The number of nitrogens with one attached hydrogen (secondary N) is 1. The van der Waals surface area contributed by atoms with Gasteiger partial charge in [-0.2, -0.15) is 13.2 Å². The average Bonchev–Trinajstić information content (AvgIpc) is 2.79. The Kier molecular flexibility index (Phi) is 4.66. The molecule has 1 N–H and O–H groups in total. The third-order valence-electron chi connectivity index (χ3n) is 4.62. The SMILES string of the molecule is [C-]#[N+]c1ccc2nc(NC(=O)CC(C)(C)C)n(C3CCC3)c2c1C(F)(F)F. The fourth-order valence-corrected chi connectivity index (χ4v) is 3.29. The lowest BCUT2D eigenvalue weighted by Crippen LogP contribution is -2.25. The molecule has 1 aliphatic rings. The van der Waals surface area contributed by atoms with Crippen LogP contribution in [0.3, 0.4) is 0 Å². The molecule has 0 aliphatic heterocycles. The summed E-state index contributed by atoms with van der Waals surface area (Å²) in [5, 5.41) is 2.69. The maximum atomic E-state index is 13.8. The molecule has 1 aromatic heterocycles. The third kappa shape index (κ3) is 3.77. The number of hydrogen-bond acceptors (Lipinski definition) is 2. The number of hydrogen-bond donors (Lipinski definition) is 1. The van der Waals surface area contributed by atoms with Crippen LogP contribution in [0.1, 0.15) is 58.1 Å². The highest BCUT2D eigenvalue weighted by molar-refractivity contribution is 5.94. The minimum Gasteiger partial charge on any atom is -0.307 e. The maximum Gasteiger partial charge on any atom is 0.409 e. The van der Waals surface area contributed by atoms with Crippen molar-refractivity contribution in [3.8, 4) is 0 Å². The fraction of sp³-hybridized carbons (Fsp3) is 0.526. The van der Waals surface area contributed by atoms with Crippen LogP contribution in [0.4, 0.5) is 24.8 Å². The summed E-state index contributed by atoms with van der Waals surface area (Å²) in [6.07, 6.45) is -2.13. The Bertz CT molecular complexity index is 928. The highest BCUT2D eigenvalue weighted by atomic mass is 19.4. The van der Waals surface area contributed by atoms with E-state index in [4.69, 9.17) is 6.57 Å². The van der Waals surface area contributed by atoms with E-state index in [2.05, 4.69) is 15.1 Å². The van der Waals surface area contributed by atoms with Gasteiger partial charge in [0, 0.05) is 12.5 Å². The van der Waals surface area contributed by atoms with Gasteiger partial charge in [0.25, 0.3) is 0 Å². The molecule has 1 heterocycles. The lowest BCUT2D eigenvalue weighted by Gasteiger charge is -2.30. The summed E-state index contributed by atoms with van der Waals surface area (Å²) in [5.74, 6) is -0.172. The first-order chi connectivity index (χ1) is 12.5. The van der Waals surface area contributed by atoms with Crippen LogP contribution < -0.4 is 5.32 Å². The van der Waals surface area contributed by atoms with Gasteiger partial charge in [-0.05, 0) is 30.7 Å². The summed E-state index contributed by atoms with van der Waals surface area (Å²) in [5.41, 5.74) is -1.68. The summed E-state index contributed by atoms with van der Waals surface area (Å²) in [7, 11) is 0. The smallest absolute Gasteiger partial charge is 0.307 e. The quantitative estimate of drug-likeness (QED) is 0.696. The van der Waals surface area contributed by atoms with Gasteiger partial charge in [0.2, 0.25) is 17.5 Å². The molecule has 1 amide bonds. The highest BCUT2D eigenvalue weighted by Crippen LogP contribution is 2.45. The number of nitrogens with zero attached hydrogens (tertiary/aromatic N) is 3. The van der Waals surface area contributed by atoms with Gasteiger partial charge in [-0.25, -0.2) is 9.83 Å². The molecule has 1 fully saturated rings. The number of halogens is 3. The normalized spacial score (nSPS) is 15.4. The summed E-state index contributed by atoms with van der Waals surface area (Å²) in [6, 6.07) is 2.38. The number of amides is 1. The standard InChI is InChI=1S/C19H21F3N4O/c1-18(2,3)10-14(27)25-17-24-13-9-8-12(23-4)15(19(20,21)22)16(13)26(17)11-6-5-7-11/h8-9,11H,5-7,10H2,1-3H3,(H,24,25,27). The van der Waals surface area contributed by atoms with E-state index in [0.29, 0.717) is 12.8 Å². The Morgan fingerprint density at radius 2 is 2.00 bits per heavy atom. The number of anilines is 1. The molecule has 1 aromatic carbocycles. The second-order valence-corrected chi connectivity index (χ2v) is 8.11. The fourth-order valence-electron chi connectivity index (χ4n) is 3.29. The molecular formula is C19H21F3N4O. The van der Waals surface area contributed by atoms with E-state index in [1.807, 2.05) is 20.8 Å². The van der Waals surface area contributed by atoms with Crippen LogP contribution in [0.15, 0.2) is 12.1 Å². The molecule has 8 heteroatoms. The molecule has 5 nitrogen and oxygen atoms in total. The predicted octanol–water partition coefficient (Wildman–Crippen LogP) is 5.71. The average molecular weight is 378 g/mol. The van der Waals surface area contributed by atoms with E-state index < -0.39 is 17.4 Å². The second kappa shape index (κ2) is 6.55. The molecular weight excluding hydrogens is 357 g/mol. The van der Waals surface area contributed by atoms with Crippen molar-refractivity contribution in [2.45, 2.75) is 58.7 Å². The number of carbonyl (C=O) groups excluding carboxylic acids is 1. The second-order valence-electron chi connectivity index (χ2n) is 8.11. The molecule has 3 rings (SSSR count). The van der Waals surface area contributed by atoms with Crippen LogP contribution in [0.25, 0.3) is 15.9 Å². The number of benzene rings is 1. The van der Waals surface area contributed by atoms with Crippen molar-refractivity contribution < 1.29 is 18.0 Å². The van der Waals surface area contributed by atoms with Crippen molar-refractivity contribution in [2.24, 2.45) is 5.41 Å². The summed E-state index contributed by atoms with van der Waals surface area (Å²) >= 11 is 0. The zero-order chi connectivity index (χ0) is 20.0. The van der Waals surface area contributed by atoms with Crippen molar-refractivity contribution in [2.75, 3.05) is 5.32 Å². The molecule has 0 saturated heterocycles. The lowest BCUT2D eigenvalue weighted by atomic mass is 9.92. The predicted molar refractivity (Wildman–Crippen MR) is 96.6 cm³/mol. The first kappa shape index (κ1) is 19.2. The van der Waals surface area contributed by atoms with Gasteiger partial charge in [-0.15, -0.1) is 0 Å². The van der Waals surface area contributed by atoms with Crippen molar-refractivity contribution in [3.05, 3.63) is 29.1 Å². The largest absolute Gasteiger partial charge is 0.409 e. The third-order valence-corrected chi connectivity index (χ3v) is 4.62. The molecule has 0 atom stereocenters. The molecule has 0 radical (unpaired) electrons. The minimum absolute atomic E-state index is 0.119. The van der Waals surface area contributed by atoms with Crippen LogP contribution in [0, 0.1) is 12.0 Å². The zero-order valence-electron chi connectivity index (χ0n) is 15.4. The molecule has 0 bridgehead atoms. The molecule has 1 aliphatic carbocycles. The van der Waals surface area contributed by atoms with Gasteiger partial charge in [0.15, 0.2) is 0 Å². The number of carbonyl (C=O) groups is 1. The minimum atomic E-state index is -4.69. The molecule has 0 spiro atoms. The lowest BCUT2D eigenvalue weighted by molar-refractivity contribution is -0.135. The number of fused-ring (bicyclic) bond motifs is 1. The van der Waals surface area contributed by atoms with E-state index in [0.717, 1.165) is 12.5 Å². The first-order valence-electron chi connectivity index (χ1n) is 8.81. The Morgan fingerprint density at radius 3 is 2.48 bits per heavy atom. The molecule has 1 saturated carbocycles. The summed E-state index contributed by atoms with van der Waals surface area (Å²) in [4.78, 5) is 19.7. The Hall–Kier alpha value is -2.56. The molecule has 0 unspecified atom stereocenters. The van der Waals surface area contributed by atoms with Gasteiger partial charge in [0.1, 0.15) is 0 Å². The molecule has 2 aromatic rings. The van der Waals surface area contributed by atoms with Gasteiger partial charge in [0.05, 0.1) is 23.2 Å². The van der Waals surface area contributed by atoms with Crippen LogP contribution in [0.2, 0.25) is 0 Å². The summed E-state index contributed by atoms with van der Waals surface area (Å²) in [6.45, 7) is 12.8.